The number of hydrogen-bond acceptors (Lipinski definition) is 2. The molecule has 2 aliphatic rings. The third-order valence-electron chi connectivity index (χ3n) is 3.21. The molecular formula is C8H13ClF3NO. The highest BCUT2D eigenvalue weighted by atomic mass is 35.5. The smallest absolute Gasteiger partial charge is 0.380 e. The Bertz CT molecular complexity index is 209. The van der Waals surface area contributed by atoms with E-state index in [0.717, 1.165) is 0 Å². The molecule has 1 aliphatic heterocycles. The van der Waals surface area contributed by atoms with E-state index < -0.39 is 11.8 Å². The van der Waals surface area contributed by atoms with E-state index in [2.05, 4.69) is 5.32 Å². The van der Waals surface area contributed by atoms with Crippen LogP contribution in [0.15, 0.2) is 0 Å². The van der Waals surface area contributed by atoms with Gasteiger partial charge in [0.25, 0.3) is 0 Å². The van der Waals surface area contributed by atoms with Crippen molar-refractivity contribution in [2.75, 3.05) is 13.1 Å². The Balaban J connectivity index is 0.000000980. The second kappa shape index (κ2) is 3.54. The number of alkyl halides is 3. The normalized spacial score (nSPS) is 42.0. The van der Waals surface area contributed by atoms with E-state index in [1.165, 1.54) is 0 Å². The van der Waals surface area contributed by atoms with Gasteiger partial charge in [-0.2, -0.15) is 13.2 Å². The summed E-state index contributed by atoms with van der Waals surface area (Å²) in [5.41, 5.74) is -2.41. The second-order valence-electron chi connectivity index (χ2n) is 4.12. The summed E-state index contributed by atoms with van der Waals surface area (Å²) in [5, 5.41) is 12.4. The molecule has 84 valence electrons. The predicted octanol–water partition coefficient (Wildman–Crippen LogP) is 1.33. The number of rotatable bonds is 0. The zero-order chi connectivity index (χ0) is 9.69. The van der Waals surface area contributed by atoms with E-state index in [0.29, 0.717) is 13.1 Å². The van der Waals surface area contributed by atoms with Crippen LogP contribution < -0.4 is 5.32 Å². The molecule has 1 saturated heterocycles. The first kappa shape index (κ1) is 12.1. The van der Waals surface area contributed by atoms with Crippen molar-refractivity contribution in [2.45, 2.75) is 24.6 Å². The fraction of sp³-hybridized carbons (Fsp3) is 1.00. The molecule has 2 nitrogen and oxygen atoms in total. The van der Waals surface area contributed by atoms with E-state index in [9.17, 15) is 18.3 Å². The summed E-state index contributed by atoms with van der Waals surface area (Å²) in [6.45, 7) is 1.23. The quantitative estimate of drug-likeness (QED) is 0.659. The highest BCUT2D eigenvalue weighted by Crippen LogP contribution is 2.49. The number of halogens is 4. The average molecular weight is 232 g/mol. The lowest BCUT2D eigenvalue weighted by atomic mass is 10.00. The maximum Gasteiger partial charge on any atom is 0.417 e. The van der Waals surface area contributed by atoms with E-state index in [1.54, 1.807) is 0 Å². The van der Waals surface area contributed by atoms with Crippen LogP contribution in [-0.4, -0.2) is 30.0 Å². The molecule has 1 saturated carbocycles. The van der Waals surface area contributed by atoms with Gasteiger partial charge in [0.15, 0.2) is 5.60 Å². The van der Waals surface area contributed by atoms with Crippen LogP contribution in [-0.2, 0) is 0 Å². The van der Waals surface area contributed by atoms with Gasteiger partial charge in [-0.15, -0.1) is 12.4 Å². The fourth-order valence-electron chi connectivity index (χ4n) is 2.45. The Morgan fingerprint density at radius 2 is 1.57 bits per heavy atom. The van der Waals surface area contributed by atoms with E-state index in [-0.39, 0.29) is 37.1 Å². The van der Waals surface area contributed by atoms with Crippen LogP contribution in [0.25, 0.3) is 0 Å². The van der Waals surface area contributed by atoms with Crippen LogP contribution in [0.3, 0.4) is 0 Å². The molecule has 3 atom stereocenters. The van der Waals surface area contributed by atoms with Gasteiger partial charge in [-0.3, -0.25) is 0 Å². The minimum atomic E-state index is -4.46. The third kappa shape index (κ3) is 1.73. The zero-order valence-corrected chi connectivity index (χ0v) is 8.29. The van der Waals surface area contributed by atoms with Crippen molar-refractivity contribution in [3.63, 3.8) is 0 Å². The summed E-state index contributed by atoms with van der Waals surface area (Å²) in [6, 6.07) is 0. The molecule has 2 fully saturated rings. The summed E-state index contributed by atoms with van der Waals surface area (Å²) in [4.78, 5) is 0. The van der Waals surface area contributed by atoms with Crippen LogP contribution in [0.4, 0.5) is 13.2 Å². The van der Waals surface area contributed by atoms with E-state index in [4.69, 9.17) is 0 Å². The van der Waals surface area contributed by atoms with Gasteiger partial charge in [0, 0.05) is 0 Å². The first-order valence-corrected chi connectivity index (χ1v) is 4.42. The van der Waals surface area contributed by atoms with Crippen molar-refractivity contribution in [3.8, 4) is 0 Å². The summed E-state index contributed by atoms with van der Waals surface area (Å²) >= 11 is 0. The van der Waals surface area contributed by atoms with Gasteiger partial charge in [-0.05, 0) is 37.8 Å². The van der Waals surface area contributed by atoms with Crippen molar-refractivity contribution in [1.29, 1.82) is 0 Å². The van der Waals surface area contributed by atoms with Gasteiger partial charge in [-0.1, -0.05) is 0 Å². The lowest BCUT2D eigenvalue weighted by molar-refractivity contribution is -0.259. The zero-order valence-electron chi connectivity index (χ0n) is 7.47. The van der Waals surface area contributed by atoms with Gasteiger partial charge in [0.05, 0.1) is 0 Å². The molecule has 0 aromatic rings. The minimum absolute atomic E-state index is 0. The molecule has 2 rings (SSSR count). The number of aliphatic hydroxyl groups is 1. The SMILES string of the molecule is Cl.OC1(C(F)(F)F)C[C@H]2CNC[C@H]2C1. The van der Waals surface area contributed by atoms with E-state index in [1.807, 2.05) is 0 Å². The molecule has 0 aromatic heterocycles. The Hall–Kier alpha value is -0.0000000000000000486. The van der Waals surface area contributed by atoms with Crippen LogP contribution in [0.5, 0.6) is 0 Å². The van der Waals surface area contributed by atoms with Crippen molar-refractivity contribution < 1.29 is 18.3 Å². The largest absolute Gasteiger partial charge is 0.417 e. The molecule has 0 spiro atoms. The third-order valence-corrected chi connectivity index (χ3v) is 3.21. The summed E-state index contributed by atoms with van der Waals surface area (Å²) < 4.78 is 37.1. The maximum absolute atomic E-state index is 12.4. The fourth-order valence-corrected chi connectivity index (χ4v) is 2.45. The van der Waals surface area contributed by atoms with Crippen LogP contribution >= 0.6 is 12.4 Å². The Labute approximate surface area is 86.3 Å². The molecule has 0 amide bonds. The van der Waals surface area contributed by atoms with Crippen molar-refractivity contribution >= 4 is 12.4 Å². The predicted molar refractivity (Wildman–Crippen MR) is 47.3 cm³/mol. The Morgan fingerprint density at radius 3 is 1.93 bits per heavy atom. The van der Waals surface area contributed by atoms with Gasteiger partial charge in [0.1, 0.15) is 0 Å². The highest BCUT2D eigenvalue weighted by Gasteiger charge is 2.60. The Kier molecular flexibility index (Phi) is 3.05. The minimum Gasteiger partial charge on any atom is -0.380 e. The van der Waals surface area contributed by atoms with Crippen LogP contribution in [0, 0.1) is 11.8 Å². The molecule has 0 radical (unpaired) electrons. The topological polar surface area (TPSA) is 32.3 Å². The first-order valence-electron chi connectivity index (χ1n) is 4.42. The molecular weight excluding hydrogens is 219 g/mol. The number of fused-ring (bicyclic) bond motifs is 1. The summed E-state index contributed by atoms with van der Waals surface area (Å²) in [5.74, 6) is 0.0123. The average Bonchev–Trinajstić information content (AvgIpc) is 2.42. The molecule has 0 bridgehead atoms. The lowest BCUT2D eigenvalue weighted by Gasteiger charge is -2.26. The van der Waals surface area contributed by atoms with Crippen molar-refractivity contribution in [2.24, 2.45) is 11.8 Å². The van der Waals surface area contributed by atoms with Gasteiger partial charge in [-0.25, -0.2) is 0 Å². The van der Waals surface area contributed by atoms with Crippen molar-refractivity contribution in [1.82, 2.24) is 5.32 Å². The molecule has 14 heavy (non-hydrogen) atoms. The van der Waals surface area contributed by atoms with Gasteiger partial charge in [0.2, 0.25) is 0 Å². The maximum atomic E-state index is 12.4. The molecule has 2 N–H and O–H groups in total. The molecule has 1 unspecified atom stereocenters. The van der Waals surface area contributed by atoms with Crippen LogP contribution in [0.2, 0.25) is 0 Å². The lowest BCUT2D eigenvalue weighted by Crippen LogP contribution is -2.43. The van der Waals surface area contributed by atoms with Crippen LogP contribution in [0.1, 0.15) is 12.8 Å². The van der Waals surface area contributed by atoms with E-state index >= 15 is 0 Å². The Morgan fingerprint density at radius 1 is 1.14 bits per heavy atom. The number of nitrogens with one attached hydrogen (secondary N) is 1. The first-order chi connectivity index (χ1) is 5.92. The monoisotopic (exact) mass is 231 g/mol. The molecule has 6 heteroatoms. The van der Waals surface area contributed by atoms with Gasteiger partial charge < -0.3 is 10.4 Å². The summed E-state index contributed by atoms with van der Waals surface area (Å²) in [7, 11) is 0. The standard InChI is InChI=1S/C8H12F3NO.ClH/c9-8(10,11)7(13)1-5-3-12-4-6(5)2-7;/h5-6,12-13H,1-4H2;1H/t5-,6+,7?;. The number of hydrogen-bond donors (Lipinski definition) is 2. The molecule has 1 aliphatic carbocycles. The molecule has 0 aromatic carbocycles. The van der Waals surface area contributed by atoms with Gasteiger partial charge >= 0.3 is 6.18 Å². The highest BCUT2D eigenvalue weighted by molar-refractivity contribution is 5.85. The second-order valence-corrected chi connectivity index (χ2v) is 4.12. The summed E-state index contributed by atoms with van der Waals surface area (Å²) in [6.07, 6.45) is -4.72. The molecule has 1 heterocycles. The van der Waals surface area contributed by atoms with Crippen molar-refractivity contribution in [3.05, 3.63) is 0 Å².